The molecular weight excluding hydrogens is 384 g/mol. The molecule has 1 N–H and O–H groups in total. The van der Waals surface area contributed by atoms with E-state index in [-0.39, 0.29) is 6.61 Å². The third kappa shape index (κ3) is 5.53. The first-order valence-electron chi connectivity index (χ1n) is 10.5. The molecule has 0 atom stereocenters. The van der Waals surface area contributed by atoms with Crippen molar-refractivity contribution in [3.63, 3.8) is 0 Å². The van der Waals surface area contributed by atoms with E-state index in [0.29, 0.717) is 19.6 Å². The van der Waals surface area contributed by atoms with Gasteiger partial charge >= 0.3 is 0 Å². The molecule has 0 unspecified atom stereocenters. The Morgan fingerprint density at radius 1 is 0.613 bits per heavy atom. The van der Waals surface area contributed by atoms with E-state index in [1.807, 2.05) is 91.0 Å². The lowest BCUT2D eigenvalue weighted by Gasteiger charge is -2.18. The molecule has 3 nitrogen and oxygen atoms in total. The molecule has 4 aromatic carbocycles. The van der Waals surface area contributed by atoms with E-state index in [1.165, 1.54) is 0 Å². The van der Waals surface area contributed by atoms with E-state index in [0.717, 1.165) is 39.3 Å². The molecule has 0 aliphatic rings. The molecule has 0 fully saturated rings. The van der Waals surface area contributed by atoms with Crippen molar-refractivity contribution in [3.05, 3.63) is 120 Å². The van der Waals surface area contributed by atoms with Gasteiger partial charge in [-0.05, 0) is 34.7 Å². The second-order valence-electron chi connectivity index (χ2n) is 7.34. The van der Waals surface area contributed by atoms with Crippen molar-refractivity contribution < 1.29 is 14.6 Å². The van der Waals surface area contributed by atoms with E-state index in [2.05, 4.69) is 12.1 Å². The molecule has 31 heavy (non-hydrogen) atoms. The van der Waals surface area contributed by atoms with Crippen LogP contribution in [0.15, 0.2) is 103 Å². The summed E-state index contributed by atoms with van der Waals surface area (Å²) in [5.41, 5.74) is 5.26. The number of aliphatic hydroxyl groups is 1. The maximum atomic E-state index is 9.71. The zero-order chi connectivity index (χ0) is 21.3. The highest BCUT2D eigenvalue weighted by atomic mass is 16.5. The Bertz CT molecular complexity index is 1080. The Hall–Kier alpha value is -3.56. The average molecular weight is 411 g/mol. The predicted molar refractivity (Wildman–Crippen MR) is 124 cm³/mol. The zero-order valence-corrected chi connectivity index (χ0v) is 17.4. The SMILES string of the molecule is OCCc1cc(OCc2ccccc2)cc(OCc2ccccc2)c1-c1ccccc1. The molecule has 0 bridgehead atoms. The van der Waals surface area contributed by atoms with Gasteiger partial charge in [-0.1, -0.05) is 91.0 Å². The Morgan fingerprint density at radius 2 is 1.16 bits per heavy atom. The first kappa shape index (κ1) is 20.7. The van der Waals surface area contributed by atoms with Gasteiger partial charge in [-0.3, -0.25) is 0 Å². The highest BCUT2D eigenvalue weighted by molar-refractivity contribution is 5.75. The number of hydrogen-bond acceptors (Lipinski definition) is 3. The van der Waals surface area contributed by atoms with Crippen molar-refractivity contribution in [2.45, 2.75) is 19.6 Å². The van der Waals surface area contributed by atoms with E-state index in [4.69, 9.17) is 9.47 Å². The van der Waals surface area contributed by atoms with Crippen LogP contribution < -0.4 is 9.47 Å². The van der Waals surface area contributed by atoms with E-state index in [9.17, 15) is 5.11 Å². The molecular formula is C28H26O3. The van der Waals surface area contributed by atoms with Gasteiger partial charge in [-0.2, -0.15) is 0 Å². The van der Waals surface area contributed by atoms with E-state index >= 15 is 0 Å². The monoisotopic (exact) mass is 410 g/mol. The minimum absolute atomic E-state index is 0.0557. The van der Waals surface area contributed by atoms with Crippen LogP contribution in [0.4, 0.5) is 0 Å². The number of rotatable bonds is 9. The van der Waals surface area contributed by atoms with Gasteiger partial charge in [0.05, 0.1) is 0 Å². The first-order valence-corrected chi connectivity index (χ1v) is 10.5. The molecule has 0 amide bonds. The van der Waals surface area contributed by atoms with Gasteiger partial charge in [0.15, 0.2) is 0 Å². The maximum absolute atomic E-state index is 9.71. The number of aliphatic hydroxyl groups excluding tert-OH is 1. The fraction of sp³-hybridized carbons (Fsp3) is 0.143. The molecule has 0 radical (unpaired) electrons. The molecule has 0 aromatic heterocycles. The third-order valence-electron chi connectivity index (χ3n) is 5.09. The van der Waals surface area contributed by atoms with Crippen molar-refractivity contribution in [3.8, 4) is 22.6 Å². The summed E-state index contributed by atoms with van der Waals surface area (Å²) < 4.78 is 12.4. The highest BCUT2D eigenvalue weighted by Gasteiger charge is 2.15. The highest BCUT2D eigenvalue weighted by Crippen LogP contribution is 2.38. The number of benzene rings is 4. The maximum Gasteiger partial charge on any atom is 0.131 e. The van der Waals surface area contributed by atoms with Gasteiger partial charge in [0.25, 0.3) is 0 Å². The fourth-order valence-electron chi connectivity index (χ4n) is 3.57. The third-order valence-corrected chi connectivity index (χ3v) is 5.09. The van der Waals surface area contributed by atoms with Crippen LogP contribution in [-0.2, 0) is 19.6 Å². The van der Waals surface area contributed by atoms with E-state index in [1.54, 1.807) is 0 Å². The smallest absolute Gasteiger partial charge is 0.131 e. The lowest BCUT2D eigenvalue weighted by Crippen LogP contribution is -2.03. The molecule has 0 saturated carbocycles. The second-order valence-corrected chi connectivity index (χ2v) is 7.34. The van der Waals surface area contributed by atoms with Crippen molar-refractivity contribution in [2.75, 3.05) is 6.61 Å². The summed E-state index contributed by atoms with van der Waals surface area (Å²) in [6.07, 6.45) is 0.522. The summed E-state index contributed by atoms with van der Waals surface area (Å²) in [6, 6.07) is 34.3. The molecule has 3 heteroatoms. The van der Waals surface area contributed by atoms with E-state index < -0.39 is 0 Å². The zero-order valence-electron chi connectivity index (χ0n) is 17.4. The molecule has 4 rings (SSSR count). The van der Waals surface area contributed by atoms with Crippen LogP contribution in [0.1, 0.15) is 16.7 Å². The van der Waals surface area contributed by atoms with Gasteiger partial charge < -0.3 is 14.6 Å². The lowest BCUT2D eigenvalue weighted by atomic mass is 9.96. The van der Waals surface area contributed by atoms with Crippen LogP contribution in [-0.4, -0.2) is 11.7 Å². The van der Waals surface area contributed by atoms with Gasteiger partial charge in [-0.25, -0.2) is 0 Å². The van der Waals surface area contributed by atoms with Crippen LogP contribution in [0, 0.1) is 0 Å². The van der Waals surface area contributed by atoms with Crippen LogP contribution in [0.3, 0.4) is 0 Å². The second kappa shape index (κ2) is 10.5. The summed E-state index contributed by atoms with van der Waals surface area (Å²) in [4.78, 5) is 0. The minimum atomic E-state index is 0.0557. The first-order chi connectivity index (χ1) is 15.3. The predicted octanol–water partition coefficient (Wildman–Crippen LogP) is 6.05. The summed E-state index contributed by atoms with van der Waals surface area (Å²) in [5, 5.41) is 9.71. The minimum Gasteiger partial charge on any atom is -0.489 e. The fourth-order valence-corrected chi connectivity index (χ4v) is 3.57. The van der Waals surface area contributed by atoms with Crippen LogP contribution in [0.5, 0.6) is 11.5 Å². The van der Waals surface area contributed by atoms with Gasteiger partial charge in [0.1, 0.15) is 24.7 Å². The Balaban J connectivity index is 1.69. The number of hydrogen-bond donors (Lipinski definition) is 1. The van der Waals surface area contributed by atoms with Crippen LogP contribution in [0.25, 0.3) is 11.1 Å². The average Bonchev–Trinajstić information content (AvgIpc) is 2.83. The van der Waals surface area contributed by atoms with Crippen molar-refractivity contribution >= 4 is 0 Å². The molecule has 0 saturated heterocycles. The van der Waals surface area contributed by atoms with Crippen molar-refractivity contribution in [1.82, 2.24) is 0 Å². The van der Waals surface area contributed by atoms with Gasteiger partial charge in [-0.15, -0.1) is 0 Å². The summed E-state index contributed by atoms with van der Waals surface area (Å²) in [5.74, 6) is 1.49. The lowest BCUT2D eigenvalue weighted by molar-refractivity contribution is 0.286. The summed E-state index contributed by atoms with van der Waals surface area (Å²) in [6.45, 7) is 0.990. The Morgan fingerprint density at radius 3 is 1.74 bits per heavy atom. The topological polar surface area (TPSA) is 38.7 Å². The molecule has 0 heterocycles. The molecule has 156 valence electrons. The van der Waals surface area contributed by atoms with Crippen molar-refractivity contribution in [1.29, 1.82) is 0 Å². The largest absolute Gasteiger partial charge is 0.489 e. The standard InChI is InChI=1S/C28H26O3/c29-17-16-25-18-26(30-20-22-10-4-1-5-11-22)19-27(28(25)24-14-8-3-9-15-24)31-21-23-12-6-2-7-13-23/h1-15,18-19,29H,16-17,20-21H2. The quantitative estimate of drug-likeness (QED) is 0.365. The summed E-state index contributed by atoms with van der Waals surface area (Å²) >= 11 is 0. The Labute approximate surface area is 183 Å². The molecule has 0 aliphatic heterocycles. The normalized spacial score (nSPS) is 10.6. The van der Waals surface area contributed by atoms with Crippen LogP contribution >= 0.6 is 0 Å². The van der Waals surface area contributed by atoms with Gasteiger partial charge in [0, 0.05) is 18.2 Å². The van der Waals surface area contributed by atoms with Crippen LogP contribution in [0.2, 0.25) is 0 Å². The molecule has 4 aromatic rings. The Kier molecular flexibility index (Phi) is 6.99. The molecule has 0 spiro atoms. The van der Waals surface area contributed by atoms with Crippen molar-refractivity contribution in [2.24, 2.45) is 0 Å². The van der Waals surface area contributed by atoms with Gasteiger partial charge in [0.2, 0.25) is 0 Å². The number of ether oxygens (including phenoxy) is 2. The summed E-state index contributed by atoms with van der Waals surface area (Å²) in [7, 11) is 0. The molecule has 0 aliphatic carbocycles.